The summed E-state index contributed by atoms with van der Waals surface area (Å²) in [6.45, 7) is 4.45. The van der Waals surface area contributed by atoms with Crippen LogP contribution in [-0.2, 0) is 5.41 Å². The van der Waals surface area contributed by atoms with Crippen LogP contribution in [0.1, 0.15) is 25.8 Å². The Balaban J connectivity index is 2.82. The summed E-state index contributed by atoms with van der Waals surface area (Å²) in [7, 11) is 0. The van der Waals surface area contributed by atoms with Crippen LogP contribution in [-0.4, -0.2) is 5.88 Å². The van der Waals surface area contributed by atoms with Crippen molar-refractivity contribution in [2.45, 2.75) is 25.7 Å². The molecule has 0 fully saturated rings. The van der Waals surface area contributed by atoms with Crippen molar-refractivity contribution in [1.82, 2.24) is 0 Å². The smallest absolute Gasteiger partial charge is 0.0231 e. The Bertz CT molecular complexity index is 226. The van der Waals surface area contributed by atoms with Gasteiger partial charge in [-0.25, -0.2) is 0 Å². The number of benzene rings is 1. The highest BCUT2D eigenvalue weighted by Gasteiger charge is 2.18. The number of hydrogen-bond donors (Lipinski definition) is 0. The summed E-state index contributed by atoms with van der Waals surface area (Å²) >= 11 is 5.74. The van der Waals surface area contributed by atoms with Gasteiger partial charge in [0.1, 0.15) is 0 Å². The molecule has 12 heavy (non-hydrogen) atoms. The summed E-state index contributed by atoms with van der Waals surface area (Å²) in [5, 5.41) is 0. The lowest BCUT2D eigenvalue weighted by molar-refractivity contribution is 0.509. The predicted octanol–water partition coefficient (Wildman–Crippen LogP) is 3.59. The molecule has 66 valence electrons. The lowest BCUT2D eigenvalue weighted by atomic mass is 9.82. The average Bonchev–Trinajstić information content (AvgIpc) is 2.06. The maximum absolute atomic E-state index is 5.74. The minimum atomic E-state index is 0.211. The zero-order valence-corrected chi connectivity index (χ0v) is 8.43. The van der Waals surface area contributed by atoms with Crippen molar-refractivity contribution in [1.29, 1.82) is 0 Å². The lowest BCUT2D eigenvalue weighted by Gasteiger charge is -2.23. The normalized spacial score (nSPS) is 11.6. The Hall–Kier alpha value is -0.490. The molecule has 0 nitrogen and oxygen atoms in total. The third-order valence-electron chi connectivity index (χ3n) is 2.27. The van der Waals surface area contributed by atoms with E-state index in [4.69, 9.17) is 11.6 Å². The molecule has 1 aromatic rings. The van der Waals surface area contributed by atoms with Crippen LogP contribution >= 0.6 is 11.6 Å². The highest BCUT2D eigenvalue weighted by atomic mass is 35.5. The van der Waals surface area contributed by atoms with E-state index < -0.39 is 0 Å². The monoisotopic (exact) mass is 182 g/mol. The van der Waals surface area contributed by atoms with Gasteiger partial charge in [-0.05, 0) is 17.4 Å². The fraction of sp³-hybridized carbons (Fsp3) is 0.455. The van der Waals surface area contributed by atoms with E-state index in [2.05, 4.69) is 38.1 Å². The van der Waals surface area contributed by atoms with Crippen molar-refractivity contribution in [2.24, 2.45) is 0 Å². The van der Waals surface area contributed by atoms with Crippen LogP contribution in [0.2, 0.25) is 0 Å². The van der Waals surface area contributed by atoms with Crippen molar-refractivity contribution in [3.05, 3.63) is 35.9 Å². The molecule has 0 radical (unpaired) electrons. The molecule has 1 heteroatoms. The number of alkyl halides is 1. The van der Waals surface area contributed by atoms with Crippen LogP contribution in [0.15, 0.2) is 30.3 Å². The van der Waals surface area contributed by atoms with E-state index in [1.54, 1.807) is 0 Å². The molecule has 0 aliphatic carbocycles. The zero-order valence-electron chi connectivity index (χ0n) is 7.68. The molecule has 0 saturated carbocycles. The molecule has 0 aliphatic rings. The van der Waals surface area contributed by atoms with Gasteiger partial charge in [-0.15, -0.1) is 11.6 Å². The molecule has 0 aliphatic heterocycles. The molecule has 0 spiro atoms. The van der Waals surface area contributed by atoms with Crippen LogP contribution in [0.25, 0.3) is 0 Å². The van der Waals surface area contributed by atoms with Gasteiger partial charge in [0.05, 0.1) is 0 Å². The summed E-state index contributed by atoms with van der Waals surface area (Å²) < 4.78 is 0. The van der Waals surface area contributed by atoms with E-state index in [9.17, 15) is 0 Å². The maximum atomic E-state index is 5.74. The first-order valence-corrected chi connectivity index (χ1v) is 4.82. The van der Waals surface area contributed by atoms with Gasteiger partial charge in [-0.3, -0.25) is 0 Å². The van der Waals surface area contributed by atoms with Gasteiger partial charge in [-0.2, -0.15) is 0 Å². The van der Waals surface area contributed by atoms with Crippen molar-refractivity contribution >= 4 is 11.6 Å². The maximum Gasteiger partial charge on any atom is 0.0231 e. The first-order valence-electron chi connectivity index (χ1n) is 4.28. The Morgan fingerprint density at radius 2 is 1.75 bits per heavy atom. The molecule has 0 atom stereocenters. The molecule has 0 aromatic heterocycles. The molecule has 0 bridgehead atoms. The SMILES string of the molecule is CC(C)(CCCl)c1ccccc1. The molecule has 0 unspecified atom stereocenters. The second kappa shape index (κ2) is 3.95. The Labute approximate surface area is 79.6 Å². The molecule has 0 saturated heterocycles. The molecule has 0 heterocycles. The summed E-state index contributed by atoms with van der Waals surface area (Å²) in [4.78, 5) is 0. The van der Waals surface area contributed by atoms with E-state index in [0.717, 1.165) is 12.3 Å². The summed E-state index contributed by atoms with van der Waals surface area (Å²) in [6.07, 6.45) is 1.03. The Kier molecular flexibility index (Phi) is 3.16. The zero-order chi connectivity index (χ0) is 9.03. The standard InChI is InChI=1S/C11H15Cl/c1-11(2,8-9-12)10-6-4-3-5-7-10/h3-7H,8-9H2,1-2H3. The summed E-state index contributed by atoms with van der Waals surface area (Å²) in [6, 6.07) is 10.5. The minimum absolute atomic E-state index is 0.211. The van der Waals surface area contributed by atoms with E-state index >= 15 is 0 Å². The van der Waals surface area contributed by atoms with Gasteiger partial charge >= 0.3 is 0 Å². The Morgan fingerprint density at radius 3 is 2.25 bits per heavy atom. The Morgan fingerprint density at radius 1 is 1.17 bits per heavy atom. The number of rotatable bonds is 3. The minimum Gasteiger partial charge on any atom is -0.127 e. The van der Waals surface area contributed by atoms with Crippen LogP contribution in [0, 0.1) is 0 Å². The quantitative estimate of drug-likeness (QED) is 0.627. The van der Waals surface area contributed by atoms with Gasteiger partial charge in [0.2, 0.25) is 0 Å². The summed E-state index contributed by atoms with van der Waals surface area (Å²) in [5.74, 6) is 0.724. The van der Waals surface area contributed by atoms with Crippen LogP contribution in [0.5, 0.6) is 0 Å². The average molecular weight is 183 g/mol. The molecule has 1 aromatic carbocycles. The van der Waals surface area contributed by atoms with E-state index in [1.807, 2.05) is 6.07 Å². The molecular weight excluding hydrogens is 168 g/mol. The fourth-order valence-electron chi connectivity index (χ4n) is 1.27. The second-order valence-electron chi connectivity index (χ2n) is 3.69. The first kappa shape index (κ1) is 9.60. The van der Waals surface area contributed by atoms with Gasteiger partial charge < -0.3 is 0 Å². The van der Waals surface area contributed by atoms with Gasteiger partial charge in [0, 0.05) is 5.88 Å². The van der Waals surface area contributed by atoms with E-state index in [0.29, 0.717) is 0 Å². The predicted molar refractivity (Wildman–Crippen MR) is 54.8 cm³/mol. The largest absolute Gasteiger partial charge is 0.127 e. The topological polar surface area (TPSA) is 0 Å². The van der Waals surface area contributed by atoms with Crippen LogP contribution in [0.3, 0.4) is 0 Å². The molecular formula is C11H15Cl. The van der Waals surface area contributed by atoms with Gasteiger partial charge in [0.15, 0.2) is 0 Å². The molecule has 0 N–H and O–H groups in total. The number of hydrogen-bond acceptors (Lipinski definition) is 0. The lowest BCUT2D eigenvalue weighted by Crippen LogP contribution is -2.17. The number of halogens is 1. The van der Waals surface area contributed by atoms with Gasteiger partial charge in [-0.1, -0.05) is 44.2 Å². The van der Waals surface area contributed by atoms with Gasteiger partial charge in [0.25, 0.3) is 0 Å². The molecule has 0 amide bonds. The van der Waals surface area contributed by atoms with Crippen molar-refractivity contribution < 1.29 is 0 Å². The van der Waals surface area contributed by atoms with E-state index in [-0.39, 0.29) is 5.41 Å². The van der Waals surface area contributed by atoms with E-state index in [1.165, 1.54) is 5.56 Å². The first-order chi connectivity index (χ1) is 5.67. The molecule has 1 rings (SSSR count). The highest BCUT2D eigenvalue weighted by molar-refractivity contribution is 6.17. The highest BCUT2D eigenvalue weighted by Crippen LogP contribution is 2.26. The van der Waals surface area contributed by atoms with Crippen molar-refractivity contribution in [2.75, 3.05) is 5.88 Å². The summed E-state index contributed by atoms with van der Waals surface area (Å²) in [5.41, 5.74) is 1.58. The third-order valence-corrected chi connectivity index (χ3v) is 2.46. The third kappa shape index (κ3) is 2.25. The van der Waals surface area contributed by atoms with Crippen molar-refractivity contribution in [3.63, 3.8) is 0 Å². The van der Waals surface area contributed by atoms with Crippen LogP contribution in [0.4, 0.5) is 0 Å². The second-order valence-corrected chi connectivity index (χ2v) is 4.07. The van der Waals surface area contributed by atoms with Crippen molar-refractivity contribution in [3.8, 4) is 0 Å². The fourth-order valence-corrected chi connectivity index (χ4v) is 1.74. The van der Waals surface area contributed by atoms with Crippen LogP contribution < -0.4 is 0 Å².